The molecule has 0 saturated heterocycles. The molecule has 216 valence electrons. The SMILES string of the molecule is O=C(Nc1cc(-c2[nH]c3c(OCC(F)(F)F)ncnc3c2-c2ccccn2)ccn1)[C@@H](CC(F)F)c1ccc(F)cc1. The van der Waals surface area contributed by atoms with Crippen LogP contribution in [0.2, 0.25) is 0 Å². The summed E-state index contributed by atoms with van der Waals surface area (Å²) in [4.78, 5) is 32.7. The van der Waals surface area contributed by atoms with E-state index in [0.717, 1.165) is 18.5 Å². The molecule has 0 aliphatic rings. The molecule has 0 aliphatic heterocycles. The van der Waals surface area contributed by atoms with Gasteiger partial charge >= 0.3 is 6.18 Å². The highest BCUT2D eigenvalue weighted by Crippen LogP contribution is 2.39. The summed E-state index contributed by atoms with van der Waals surface area (Å²) in [5.74, 6) is -3.00. The van der Waals surface area contributed by atoms with Gasteiger partial charge in [0.25, 0.3) is 0 Å². The average molecular weight is 586 g/mol. The fourth-order valence-electron chi connectivity index (χ4n) is 4.35. The van der Waals surface area contributed by atoms with Crippen LogP contribution in [0.4, 0.5) is 32.2 Å². The maximum absolute atomic E-state index is 13.4. The summed E-state index contributed by atoms with van der Waals surface area (Å²) >= 11 is 0. The van der Waals surface area contributed by atoms with E-state index in [1.54, 1.807) is 24.3 Å². The molecule has 0 saturated carbocycles. The molecule has 42 heavy (non-hydrogen) atoms. The van der Waals surface area contributed by atoms with E-state index in [0.29, 0.717) is 22.5 Å². The first-order chi connectivity index (χ1) is 20.1. The van der Waals surface area contributed by atoms with E-state index in [1.165, 1.54) is 30.6 Å². The van der Waals surface area contributed by atoms with Crippen LogP contribution < -0.4 is 10.1 Å². The largest absolute Gasteiger partial charge is 0.466 e. The molecule has 1 aromatic carbocycles. The zero-order valence-electron chi connectivity index (χ0n) is 21.4. The summed E-state index contributed by atoms with van der Waals surface area (Å²) < 4.78 is 83.6. The van der Waals surface area contributed by atoms with E-state index in [1.807, 2.05) is 0 Å². The van der Waals surface area contributed by atoms with Gasteiger partial charge in [0.2, 0.25) is 18.2 Å². The average Bonchev–Trinajstić information content (AvgIpc) is 3.36. The van der Waals surface area contributed by atoms with Crippen molar-refractivity contribution in [3.05, 3.63) is 84.7 Å². The monoisotopic (exact) mass is 586 g/mol. The van der Waals surface area contributed by atoms with Gasteiger partial charge in [-0.25, -0.2) is 23.1 Å². The predicted molar refractivity (Wildman–Crippen MR) is 140 cm³/mol. The van der Waals surface area contributed by atoms with Gasteiger partial charge in [-0.3, -0.25) is 9.78 Å². The van der Waals surface area contributed by atoms with E-state index in [4.69, 9.17) is 4.74 Å². The number of hydrogen-bond acceptors (Lipinski definition) is 6. The fraction of sp³-hybridized carbons (Fsp3) is 0.179. The number of carbonyl (C=O) groups is 1. The lowest BCUT2D eigenvalue weighted by molar-refractivity contribution is -0.153. The minimum absolute atomic E-state index is 0.00383. The van der Waals surface area contributed by atoms with Gasteiger partial charge < -0.3 is 15.0 Å². The second-order valence-electron chi connectivity index (χ2n) is 9.05. The highest BCUT2D eigenvalue weighted by atomic mass is 19.4. The highest BCUT2D eigenvalue weighted by Gasteiger charge is 2.30. The van der Waals surface area contributed by atoms with Gasteiger partial charge in [0.1, 0.15) is 29.0 Å². The Bertz CT molecular complexity index is 1690. The number of halogens is 6. The van der Waals surface area contributed by atoms with E-state index >= 15 is 0 Å². The number of anilines is 1. The van der Waals surface area contributed by atoms with Crippen molar-refractivity contribution >= 4 is 22.8 Å². The molecule has 0 bridgehead atoms. The molecule has 14 heteroatoms. The number of carbonyl (C=O) groups excluding carboxylic acids is 1. The number of fused-ring (bicyclic) bond motifs is 1. The molecule has 4 heterocycles. The summed E-state index contributed by atoms with van der Waals surface area (Å²) in [6.07, 6.45) is -4.28. The van der Waals surface area contributed by atoms with Crippen molar-refractivity contribution in [2.24, 2.45) is 0 Å². The number of aromatic nitrogens is 5. The first kappa shape index (κ1) is 28.5. The topological polar surface area (TPSA) is 106 Å². The molecule has 1 amide bonds. The van der Waals surface area contributed by atoms with Crippen LogP contribution in [0.15, 0.2) is 73.3 Å². The van der Waals surface area contributed by atoms with Crippen LogP contribution in [0.1, 0.15) is 17.9 Å². The van der Waals surface area contributed by atoms with Crippen LogP contribution in [-0.4, -0.2) is 50.0 Å². The number of amides is 1. The molecule has 8 nitrogen and oxygen atoms in total. The molecule has 5 rings (SSSR count). The molecule has 0 radical (unpaired) electrons. The summed E-state index contributed by atoms with van der Waals surface area (Å²) in [6, 6.07) is 12.7. The number of hydrogen-bond donors (Lipinski definition) is 2. The van der Waals surface area contributed by atoms with Gasteiger partial charge in [0, 0.05) is 24.4 Å². The van der Waals surface area contributed by atoms with Crippen molar-refractivity contribution in [3.63, 3.8) is 0 Å². The number of nitrogens with zero attached hydrogens (tertiary/aromatic N) is 4. The zero-order valence-corrected chi connectivity index (χ0v) is 21.4. The van der Waals surface area contributed by atoms with Crippen LogP contribution in [0.5, 0.6) is 5.88 Å². The normalized spacial score (nSPS) is 12.5. The van der Waals surface area contributed by atoms with Crippen LogP contribution in [0.25, 0.3) is 33.5 Å². The van der Waals surface area contributed by atoms with Gasteiger partial charge in [-0.05, 0) is 42.0 Å². The van der Waals surface area contributed by atoms with E-state index in [-0.39, 0.29) is 28.3 Å². The van der Waals surface area contributed by atoms with E-state index in [2.05, 4.69) is 30.2 Å². The molecule has 4 aromatic heterocycles. The van der Waals surface area contributed by atoms with Gasteiger partial charge in [0.15, 0.2) is 6.61 Å². The first-order valence-corrected chi connectivity index (χ1v) is 12.4. The number of ether oxygens (including phenoxy) is 1. The maximum atomic E-state index is 13.4. The lowest BCUT2D eigenvalue weighted by Crippen LogP contribution is -2.23. The Morgan fingerprint density at radius 3 is 2.45 bits per heavy atom. The lowest BCUT2D eigenvalue weighted by atomic mass is 9.95. The minimum atomic E-state index is -4.61. The second kappa shape index (κ2) is 11.8. The lowest BCUT2D eigenvalue weighted by Gasteiger charge is -2.17. The molecule has 5 aromatic rings. The van der Waals surface area contributed by atoms with Crippen molar-refractivity contribution in [3.8, 4) is 28.4 Å². The Labute approximate surface area is 233 Å². The highest BCUT2D eigenvalue weighted by molar-refractivity contribution is 6.02. The molecule has 0 fully saturated rings. The predicted octanol–water partition coefficient (Wildman–Crippen LogP) is 6.54. The summed E-state index contributed by atoms with van der Waals surface area (Å²) in [5.41, 5.74) is 2.10. The van der Waals surface area contributed by atoms with Crippen LogP contribution in [-0.2, 0) is 4.79 Å². The molecule has 0 aliphatic carbocycles. The summed E-state index contributed by atoms with van der Waals surface area (Å²) in [7, 11) is 0. The van der Waals surface area contributed by atoms with Crippen molar-refractivity contribution < 1.29 is 35.9 Å². The van der Waals surface area contributed by atoms with Crippen molar-refractivity contribution in [2.45, 2.75) is 24.9 Å². The third-order valence-corrected chi connectivity index (χ3v) is 6.15. The van der Waals surface area contributed by atoms with Gasteiger partial charge in [-0.2, -0.15) is 18.2 Å². The number of pyridine rings is 2. The van der Waals surface area contributed by atoms with Crippen molar-refractivity contribution in [1.29, 1.82) is 0 Å². The van der Waals surface area contributed by atoms with E-state index < -0.39 is 43.3 Å². The molecule has 1 atom stereocenters. The molecular weight excluding hydrogens is 566 g/mol. The third-order valence-electron chi connectivity index (χ3n) is 6.15. The third kappa shape index (κ3) is 6.48. The minimum Gasteiger partial charge on any atom is -0.466 e. The Hall–Kier alpha value is -5.01. The van der Waals surface area contributed by atoms with Crippen LogP contribution in [0.3, 0.4) is 0 Å². The molecule has 0 spiro atoms. The van der Waals surface area contributed by atoms with Crippen LogP contribution in [0, 0.1) is 5.82 Å². The zero-order chi connectivity index (χ0) is 29.9. The van der Waals surface area contributed by atoms with Crippen molar-refractivity contribution in [2.75, 3.05) is 11.9 Å². The Morgan fingerprint density at radius 1 is 0.976 bits per heavy atom. The van der Waals surface area contributed by atoms with Gasteiger partial charge in [0.05, 0.1) is 22.9 Å². The van der Waals surface area contributed by atoms with Crippen molar-refractivity contribution in [1.82, 2.24) is 24.9 Å². The smallest absolute Gasteiger partial charge is 0.422 e. The number of rotatable bonds is 9. The number of benzene rings is 1. The summed E-state index contributed by atoms with van der Waals surface area (Å²) in [5, 5.41) is 2.53. The van der Waals surface area contributed by atoms with E-state index in [9.17, 15) is 31.1 Å². The Morgan fingerprint density at radius 2 is 1.76 bits per heavy atom. The number of nitrogens with one attached hydrogen (secondary N) is 2. The number of aromatic amines is 1. The maximum Gasteiger partial charge on any atom is 0.422 e. The van der Waals surface area contributed by atoms with Crippen LogP contribution >= 0.6 is 0 Å². The molecular formula is C28H20F6N6O2. The first-order valence-electron chi connectivity index (χ1n) is 12.4. The Balaban J connectivity index is 1.54. The second-order valence-corrected chi connectivity index (χ2v) is 9.05. The quantitative estimate of drug-likeness (QED) is 0.190. The number of alkyl halides is 5. The van der Waals surface area contributed by atoms with Gasteiger partial charge in [-0.15, -0.1) is 0 Å². The molecule has 0 unspecified atom stereocenters. The fourth-order valence-corrected chi connectivity index (χ4v) is 4.35. The standard InChI is InChI=1S/C28H20F6N6O2/c29-17-6-4-15(5-7-17)18(12-20(30)31)26(41)39-21-11-16(8-10-36-21)23-22(19-3-1-2-9-35-19)24-25(40-23)27(38-14-37-24)42-13-28(32,33)34/h1-11,14,18,20,40H,12-13H2,(H,36,39,41)/t18-/m0/s1. The summed E-state index contributed by atoms with van der Waals surface area (Å²) in [6.45, 7) is -1.58. The number of H-pyrrole nitrogens is 1. The molecule has 2 N–H and O–H groups in total. The van der Waals surface area contributed by atoms with Gasteiger partial charge in [-0.1, -0.05) is 18.2 Å². The Kier molecular flexibility index (Phi) is 8.04.